The van der Waals surface area contributed by atoms with Gasteiger partial charge in [-0.05, 0) is 70.5 Å². The molecule has 0 saturated heterocycles. The molecule has 0 fully saturated rings. The van der Waals surface area contributed by atoms with E-state index in [1.165, 1.54) is 41.5 Å². The maximum Gasteiger partial charge on any atom is 0.0649 e. The Bertz CT molecular complexity index is 1250. The van der Waals surface area contributed by atoms with Crippen molar-refractivity contribution in [3.8, 4) is 0 Å². The second-order valence-electron chi connectivity index (χ2n) is 9.66. The maximum atomic E-state index is 4.24. The lowest BCUT2D eigenvalue weighted by molar-refractivity contribution is 0.526. The van der Waals surface area contributed by atoms with E-state index in [-0.39, 0.29) is 5.54 Å². The Balaban J connectivity index is 1.88. The summed E-state index contributed by atoms with van der Waals surface area (Å²) in [6.07, 6.45) is 0. The quantitative estimate of drug-likeness (QED) is 0.322. The number of thiophene rings is 1. The van der Waals surface area contributed by atoms with Crippen molar-refractivity contribution in [3.63, 3.8) is 0 Å². The van der Waals surface area contributed by atoms with E-state index in [0.717, 1.165) is 0 Å². The maximum absolute atomic E-state index is 4.24. The summed E-state index contributed by atoms with van der Waals surface area (Å²) in [5.74, 6) is 0. The lowest BCUT2D eigenvalue weighted by atomic mass is 10.1. The van der Waals surface area contributed by atoms with Crippen molar-refractivity contribution >= 4 is 37.2 Å². The number of benzene rings is 3. The fourth-order valence-electron chi connectivity index (χ4n) is 4.99. The van der Waals surface area contributed by atoms with Gasteiger partial charge in [-0.1, -0.05) is 60.2 Å². The molecule has 3 aromatic carbocycles. The molecular weight excluding hydrogens is 426 g/mol. The molecule has 1 N–H and O–H groups in total. The van der Waals surface area contributed by atoms with Crippen molar-refractivity contribution in [1.29, 1.82) is 0 Å². The standard InChI is InChI=1S/C29H31NS2/c1-20-21(2)28(27-26(20)24-18-12-13-19-25(24)31-27)32(30-29(3,4)5,22-14-8-6-9-15-22)23-16-10-7-11-17-23/h6-19,28,30H,1-5H3. The minimum atomic E-state index is -1.63. The van der Waals surface area contributed by atoms with E-state index in [1.54, 1.807) is 0 Å². The molecule has 1 atom stereocenters. The smallest absolute Gasteiger partial charge is 0.0649 e. The molecule has 5 rings (SSSR count). The molecule has 1 nitrogen and oxygen atoms in total. The van der Waals surface area contributed by atoms with Crippen molar-refractivity contribution in [2.24, 2.45) is 0 Å². The average molecular weight is 458 g/mol. The Morgan fingerprint density at radius 2 is 1.28 bits per heavy atom. The Hall–Kier alpha value is -2.33. The summed E-state index contributed by atoms with van der Waals surface area (Å²) in [6.45, 7) is 11.6. The van der Waals surface area contributed by atoms with Gasteiger partial charge in [-0.25, -0.2) is 0 Å². The highest BCUT2D eigenvalue weighted by Crippen LogP contribution is 2.75. The van der Waals surface area contributed by atoms with Gasteiger partial charge in [0.1, 0.15) is 0 Å². The molecule has 1 heterocycles. The van der Waals surface area contributed by atoms with Crippen LogP contribution in [0.1, 0.15) is 50.3 Å². The molecule has 0 bridgehead atoms. The first-order chi connectivity index (χ1) is 15.3. The molecule has 1 aromatic heterocycles. The first kappa shape index (κ1) is 21.5. The van der Waals surface area contributed by atoms with Crippen LogP contribution in [0.4, 0.5) is 0 Å². The summed E-state index contributed by atoms with van der Waals surface area (Å²) in [7, 11) is -1.63. The van der Waals surface area contributed by atoms with Crippen LogP contribution in [0.3, 0.4) is 0 Å². The molecule has 1 aliphatic carbocycles. The summed E-state index contributed by atoms with van der Waals surface area (Å²) < 4.78 is 5.62. The normalized spacial score (nSPS) is 17.1. The summed E-state index contributed by atoms with van der Waals surface area (Å²) in [4.78, 5) is 4.30. The summed E-state index contributed by atoms with van der Waals surface area (Å²) >= 11 is 1.98. The van der Waals surface area contributed by atoms with Crippen LogP contribution in [0.2, 0.25) is 0 Å². The topological polar surface area (TPSA) is 12.0 Å². The van der Waals surface area contributed by atoms with Crippen LogP contribution in [0.5, 0.6) is 0 Å². The fourth-order valence-corrected chi connectivity index (χ4v) is 11.3. The van der Waals surface area contributed by atoms with Crippen LogP contribution in [-0.4, -0.2) is 5.54 Å². The second kappa shape index (κ2) is 7.91. The Labute approximate surface area is 197 Å². The van der Waals surface area contributed by atoms with E-state index in [9.17, 15) is 0 Å². The Morgan fingerprint density at radius 3 is 1.84 bits per heavy atom. The zero-order valence-electron chi connectivity index (χ0n) is 19.5. The average Bonchev–Trinajstić information content (AvgIpc) is 3.27. The molecule has 32 heavy (non-hydrogen) atoms. The zero-order valence-corrected chi connectivity index (χ0v) is 21.1. The Morgan fingerprint density at radius 1 is 0.750 bits per heavy atom. The van der Waals surface area contributed by atoms with Gasteiger partial charge < -0.3 is 0 Å². The van der Waals surface area contributed by atoms with Crippen LogP contribution in [0.15, 0.2) is 100 Å². The van der Waals surface area contributed by atoms with Gasteiger partial charge in [0.2, 0.25) is 0 Å². The van der Waals surface area contributed by atoms with E-state index in [0.29, 0.717) is 5.25 Å². The van der Waals surface area contributed by atoms with Crippen LogP contribution < -0.4 is 4.72 Å². The second-order valence-corrected chi connectivity index (χ2v) is 13.7. The van der Waals surface area contributed by atoms with Crippen LogP contribution in [0, 0.1) is 0 Å². The monoisotopic (exact) mass is 457 g/mol. The van der Waals surface area contributed by atoms with E-state index >= 15 is 0 Å². The number of hydrogen-bond donors (Lipinski definition) is 1. The molecule has 3 heteroatoms. The van der Waals surface area contributed by atoms with Crippen LogP contribution in [-0.2, 0) is 0 Å². The van der Waals surface area contributed by atoms with Gasteiger partial charge in [-0.3, -0.25) is 4.72 Å². The zero-order chi connectivity index (χ0) is 22.5. The number of fused-ring (bicyclic) bond motifs is 3. The molecule has 0 spiro atoms. The molecule has 0 aliphatic heterocycles. The van der Waals surface area contributed by atoms with E-state index in [1.807, 2.05) is 11.3 Å². The van der Waals surface area contributed by atoms with E-state index < -0.39 is 10.2 Å². The molecule has 0 radical (unpaired) electrons. The SMILES string of the molecule is CC1=C(C)C(S(NC(C)(C)C)(c2ccccc2)c2ccccc2)c2sc3ccccc3c21. The number of allylic oxidation sites excluding steroid dienone is 1. The van der Waals surface area contributed by atoms with Crippen molar-refractivity contribution in [2.45, 2.75) is 55.2 Å². The van der Waals surface area contributed by atoms with Gasteiger partial charge in [-0.2, -0.15) is 0 Å². The first-order valence-corrected chi connectivity index (χ1v) is 13.7. The molecule has 4 aromatic rings. The number of rotatable bonds is 4. The predicted octanol–water partition coefficient (Wildman–Crippen LogP) is 8.98. The molecule has 1 aliphatic rings. The van der Waals surface area contributed by atoms with Gasteiger partial charge in [0.15, 0.2) is 0 Å². The third-order valence-electron chi connectivity index (χ3n) is 6.27. The number of nitrogens with one attached hydrogen (secondary N) is 1. The van der Waals surface area contributed by atoms with Gasteiger partial charge in [0.25, 0.3) is 0 Å². The molecule has 0 amide bonds. The van der Waals surface area contributed by atoms with Crippen molar-refractivity contribution in [2.75, 3.05) is 0 Å². The van der Waals surface area contributed by atoms with Gasteiger partial charge in [0, 0.05) is 35.9 Å². The Kier molecular flexibility index (Phi) is 5.32. The fraction of sp³-hybridized carbons (Fsp3) is 0.241. The summed E-state index contributed by atoms with van der Waals surface area (Å²) in [5, 5.41) is 1.70. The molecular formula is C29H31NS2. The number of hydrogen-bond acceptors (Lipinski definition) is 2. The predicted molar refractivity (Wildman–Crippen MR) is 143 cm³/mol. The minimum absolute atomic E-state index is 0.0470. The van der Waals surface area contributed by atoms with Crippen molar-refractivity contribution in [3.05, 3.63) is 101 Å². The van der Waals surface area contributed by atoms with Crippen LogP contribution in [0.25, 0.3) is 15.7 Å². The minimum Gasteiger partial charge on any atom is -0.267 e. The van der Waals surface area contributed by atoms with Crippen LogP contribution >= 0.6 is 21.6 Å². The van der Waals surface area contributed by atoms with Gasteiger partial charge in [0.05, 0.1) is 5.25 Å². The molecule has 164 valence electrons. The first-order valence-electron chi connectivity index (χ1n) is 11.2. The summed E-state index contributed by atoms with van der Waals surface area (Å²) in [6, 6.07) is 31.2. The van der Waals surface area contributed by atoms with Gasteiger partial charge >= 0.3 is 0 Å². The molecule has 0 saturated carbocycles. The van der Waals surface area contributed by atoms with Gasteiger partial charge in [-0.15, -0.1) is 21.6 Å². The highest BCUT2D eigenvalue weighted by atomic mass is 32.3. The lowest BCUT2D eigenvalue weighted by Gasteiger charge is -2.51. The highest BCUT2D eigenvalue weighted by Gasteiger charge is 2.46. The highest BCUT2D eigenvalue weighted by molar-refractivity contribution is 8.32. The molecule has 1 unspecified atom stereocenters. The largest absolute Gasteiger partial charge is 0.267 e. The van der Waals surface area contributed by atoms with E-state index in [4.69, 9.17) is 0 Å². The van der Waals surface area contributed by atoms with Crippen molar-refractivity contribution in [1.82, 2.24) is 4.72 Å². The van der Waals surface area contributed by atoms with E-state index in [2.05, 4.69) is 124 Å². The summed E-state index contributed by atoms with van der Waals surface area (Å²) in [5.41, 5.74) is 4.36. The van der Waals surface area contributed by atoms with Crippen molar-refractivity contribution < 1.29 is 0 Å². The lowest BCUT2D eigenvalue weighted by Crippen LogP contribution is -2.40. The third-order valence-corrected chi connectivity index (χ3v) is 11.9. The third kappa shape index (κ3) is 3.35.